The number of phenols is 1. The average Bonchev–Trinajstić information content (AvgIpc) is 2.67. The Kier molecular flexibility index (Phi) is 5.09. The van der Waals surface area contributed by atoms with Gasteiger partial charge in [0.1, 0.15) is 5.75 Å². The molecule has 1 aliphatic rings. The van der Waals surface area contributed by atoms with E-state index in [4.69, 9.17) is 0 Å². The van der Waals surface area contributed by atoms with E-state index in [9.17, 15) is 5.11 Å². The van der Waals surface area contributed by atoms with Gasteiger partial charge >= 0.3 is 0 Å². The van der Waals surface area contributed by atoms with Crippen molar-refractivity contribution in [2.75, 3.05) is 26.4 Å². The molecule has 0 spiro atoms. The molecule has 0 bridgehead atoms. The number of benzene rings is 2. The molecule has 2 aromatic rings. The van der Waals surface area contributed by atoms with Crippen molar-refractivity contribution in [2.24, 2.45) is 5.92 Å². The third kappa shape index (κ3) is 3.98. The molecule has 0 amide bonds. The number of thioether (sulfide) groups is 1. The van der Waals surface area contributed by atoms with Crippen molar-refractivity contribution in [1.29, 1.82) is 0 Å². The van der Waals surface area contributed by atoms with Crippen LogP contribution in [0.2, 0.25) is 0 Å². The van der Waals surface area contributed by atoms with Gasteiger partial charge in [-0.15, -0.1) is 11.8 Å². The Balaban J connectivity index is 2.08. The number of fused-ring (bicyclic) bond motifs is 1. The number of phenolic OH excluding ortho intramolecular Hbond substituents is 1. The Morgan fingerprint density at radius 1 is 1.17 bits per heavy atom. The summed E-state index contributed by atoms with van der Waals surface area (Å²) in [6.07, 6.45) is 3.42. The molecule has 1 unspecified atom stereocenters. The highest BCUT2D eigenvalue weighted by molar-refractivity contribution is 7.99. The van der Waals surface area contributed by atoms with Gasteiger partial charge in [-0.2, -0.15) is 0 Å². The molecule has 23 heavy (non-hydrogen) atoms. The molecule has 0 aromatic heterocycles. The molecule has 3 heteroatoms. The van der Waals surface area contributed by atoms with Crippen LogP contribution in [0.1, 0.15) is 17.5 Å². The quantitative estimate of drug-likeness (QED) is 0.891. The topological polar surface area (TPSA) is 23.5 Å². The van der Waals surface area contributed by atoms with E-state index in [2.05, 4.69) is 55.4 Å². The zero-order valence-corrected chi connectivity index (χ0v) is 14.5. The minimum Gasteiger partial charge on any atom is -0.508 e. The molecule has 0 fully saturated rings. The number of hydrogen-bond acceptors (Lipinski definition) is 3. The highest BCUT2D eigenvalue weighted by atomic mass is 32.2. The van der Waals surface area contributed by atoms with Gasteiger partial charge in [0.2, 0.25) is 0 Å². The van der Waals surface area contributed by atoms with Crippen molar-refractivity contribution < 1.29 is 5.11 Å². The molecule has 1 N–H and O–H groups in total. The van der Waals surface area contributed by atoms with E-state index < -0.39 is 0 Å². The molecule has 0 aliphatic carbocycles. The lowest BCUT2D eigenvalue weighted by Crippen LogP contribution is -2.22. The molecule has 2 aromatic carbocycles. The first-order valence-corrected chi connectivity index (χ1v) is 8.99. The van der Waals surface area contributed by atoms with E-state index in [1.807, 2.05) is 23.9 Å². The number of hydrogen-bond donors (Lipinski definition) is 1. The van der Waals surface area contributed by atoms with Crippen LogP contribution in [0.5, 0.6) is 5.75 Å². The van der Waals surface area contributed by atoms with Crippen molar-refractivity contribution in [3.05, 3.63) is 59.7 Å². The number of nitrogens with zero attached hydrogens (tertiary/aromatic N) is 1. The summed E-state index contributed by atoms with van der Waals surface area (Å²) in [5, 5.41) is 9.76. The van der Waals surface area contributed by atoms with Gasteiger partial charge in [0.15, 0.2) is 0 Å². The van der Waals surface area contributed by atoms with Crippen molar-refractivity contribution in [2.45, 2.75) is 11.3 Å². The second kappa shape index (κ2) is 7.24. The first kappa shape index (κ1) is 16.2. The van der Waals surface area contributed by atoms with Crippen LogP contribution in [0.3, 0.4) is 0 Å². The summed E-state index contributed by atoms with van der Waals surface area (Å²) in [4.78, 5) is 3.62. The standard InChI is InChI=1S/C20H23NOS/c1-21(2)14-16-10-11-23-20-9-4-3-8-18(20)19(16)13-15-6-5-7-17(22)12-15/h3-9,12-13,16,22H,10-11,14H2,1-2H3/b19-13-. The van der Waals surface area contributed by atoms with Gasteiger partial charge in [-0.3, -0.25) is 0 Å². The summed E-state index contributed by atoms with van der Waals surface area (Å²) < 4.78 is 0. The highest BCUT2D eigenvalue weighted by Crippen LogP contribution is 2.40. The second-order valence-corrected chi connectivity index (χ2v) is 7.42. The average molecular weight is 325 g/mol. The van der Waals surface area contributed by atoms with Gasteiger partial charge in [-0.25, -0.2) is 0 Å². The normalized spacial score (nSPS) is 19.6. The van der Waals surface area contributed by atoms with Crippen LogP contribution in [0.25, 0.3) is 11.6 Å². The zero-order chi connectivity index (χ0) is 16.2. The van der Waals surface area contributed by atoms with Crippen LogP contribution >= 0.6 is 11.8 Å². The predicted molar refractivity (Wildman–Crippen MR) is 99.8 cm³/mol. The zero-order valence-electron chi connectivity index (χ0n) is 13.7. The van der Waals surface area contributed by atoms with Gasteiger partial charge in [0.05, 0.1) is 0 Å². The lowest BCUT2D eigenvalue weighted by atomic mass is 9.88. The third-order valence-corrected chi connectivity index (χ3v) is 5.25. The Hall–Kier alpha value is -1.71. The molecule has 3 rings (SSSR count). The van der Waals surface area contributed by atoms with E-state index in [1.54, 1.807) is 6.07 Å². The fourth-order valence-electron chi connectivity index (χ4n) is 3.14. The van der Waals surface area contributed by atoms with Gasteiger partial charge in [0.25, 0.3) is 0 Å². The summed E-state index contributed by atoms with van der Waals surface area (Å²) >= 11 is 1.95. The van der Waals surface area contributed by atoms with E-state index in [0.29, 0.717) is 11.7 Å². The summed E-state index contributed by atoms with van der Waals surface area (Å²) in [6, 6.07) is 16.2. The first-order valence-electron chi connectivity index (χ1n) is 8.01. The molecular weight excluding hydrogens is 302 g/mol. The Bertz CT molecular complexity index is 708. The Labute approximate surface area is 142 Å². The number of aromatic hydroxyl groups is 1. The number of rotatable bonds is 3. The molecule has 0 radical (unpaired) electrons. The van der Waals surface area contributed by atoms with Crippen molar-refractivity contribution >= 4 is 23.4 Å². The van der Waals surface area contributed by atoms with Crippen LogP contribution in [-0.4, -0.2) is 36.4 Å². The van der Waals surface area contributed by atoms with Crippen molar-refractivity contribution in [3.63, 3.8) is 0 Å². The first-order chi connectivity index (χ1) is 11.1. The predicted octanol–water partition coefficient (Wildman–Crippen LogP) is 4.61. The molecule has 2 nitrogen and oxygen atoms in total. The summed E-state index contributed by atoms with van der Waals surface area (Å²) in [5.41, 5.74) is 3.78. The maximum atomic E-state index is 9.76. The van der Waals surface area contributed by atoms with E-state index >= 15 is 0 Å². The van der Waals surface area contributed by atoms with E-state index in [-0.39, 0.29) is 0 Å². The van der Waals surface area contributed by atoms with Gasteiger partial charge in [0, 0.05) is 11.4 Å². The van der Waals surface area contributed by atoms with Gasteiger partial charge in [-0.05, 0) is 67.1 Å². The lowest BCUT2D eigenvalue weighted by molar-refractivity contribution is 0.361. The van der Waals surface area contributed by atoms with Crippen LogP contribution in [-0.2, 0) is 0 Å². The molecule has 120 valence electrons. The SMILES string of the molecule is CN(C)CC1CCSc2ccccc2/C1=C\c1cccc(O)c1. The maximum absolute atomic E-state index is 9.76. The Morgan fingerprint density at radius 3 is 2.78 bits per heavy atom. The molecule has 1 heterocycles. The monoisotopic (exact) mass is 325 g/mol. The molecule has 0 saturated heterocycles. The lowest BCUT2D eigenvalue weighted by Gasteiger charge is -2.23. The van der Waals surface area contributed by atoms with E-state index in [1.165, 1.54) is 22.5 Å². The second-order valence-electron chi connectivity index (χ2n) is 6.29. The summed E-state index contributed by atoms with van der Waals surface area (Å²) in [5.74, 6) is 1.97. The Morgan fingerprint density at radius 2 is 2.00 bits per heavy atom. The van der Waals surface area contributed by atoms with Gasteiger partial charge in [-0.1, -0.05) is 36.4 Å². The minimum absolute atomic E-state index is 0.319. The van der Waals surface area contributed by atoms with Crippen molar-refractivity contribution in [3.8, 4) is 5.75 Å². The molecule has 1 aliphatic heterocycles. The summed E-state index contributed by atoms with van der Waals surface area (Å²) in [7, 11) is 4.27. The van der Waals surface area contributed by atoms with Crippen LogP contribution < -0.4 is 0 Å². The smallest absolute Gasteiger partial charge is 0.116 e. The highest BCUT2D eigenvalue weighted by Gasteiger charge is 2.22. The molecule has 1 atom stereocenters. The van der Waals surface area contributed by atoms with Gasteiger partial charge < -0.3 is 10.0 Å². The largest absolute Gasteiger partial charge is 0.508 e. The fraction of sp³-hybridized carbons (Fsp3) is 0.300. The minimum atomic E-state index is 0.319. The molecule has 0 saturated carbocycles. The van der Waals surface area contributed by atoms with Crippen LogP contribution in [0.4, 0.5) is 0 Å². The summed E-state index contributed by atoms with van der Waals surface area (Å²) in [6.45, 7) is 1.04. The van der Waals surface area contributed by atoms with Crippen LogP contribution in [0.15, 0.2) is 53.4 Å². The third-order valence-electron chi connectivity index (χ3n) is 4.14. The maximum Gasteiger partial charge on any atom is 0.116 e. The van der Waals surface area contributed by atoms with E-state index in [0.717, 1.165) is 17.9 Å². The molecular formula is C20H23NOS. The van der Waals surface area contributed by atoms with Crippen molar-refractivity contribution in [1.82, 2.24) is 4.90 Å². The fourth-order valence-corrected chi connectivity index (χ4v) is 4.28. The van der Waals surface area contributed by atoms with Crippen LogP contribution in [0, 0.1) is 5.92 Å².